The van der Waals surface area contributed by atoms with Crippen LogP contribution in [0.2, 0.25) is 5.02 Å². The molecule has 8 heteroatoms. The summed E-state index contributed by atoms with van der Waals surface area (Å²) in [7, 11) is 1.49. The van der Waals surface area contributed by atoms with Crippen LogP contribution in [0, 0.1) is 6.92 Å². The van der Waals surface area contributed by atoms with Crippen molar-refractivity contribution >= 4 is 52.1 Å². The Morgan fingerprint density at radius 3 is 2.32 bits per heavy atom. The van der Waals surface area contributed by atoms with Gasteiger partial charge in [-0.05, 0) is 55.5 Å². The third-order valence-electron chi connectivity index (χ3n) is 4.37. The van der Waals surface area contributed by atoms with Crippen LogP contribution in [0.5, 0.6) is 5.75 Å². The second kappa shape index (κ2) is 10.1. The number of rotatable bonds is 5. The van der Waals surface area contributed by atoms with Crippen LogP contribution in [0.4, 0.5) is 11.4 Å². The van der Waals surface area contributed by atoms with Crippen molar-refractivity contribution in [2.45, 2.75) is 6.92 Å². The lowest BCUT2D eigenvalue weighted by Gasteiger charge is -2.14. The first-order valence-corrected chi connectivity index (χ1v) is 10.1. The summed E-state index contributed by atoms with van der Waals surface area (Å²) in [5.74, 6) is -0.253. The van der Waals surface area contributed by atoms with Crippen LogP contribution in [0.25, 0.3) is 0 Å². The number of hydrogen-bond donors (Lipinski definition) is 3. The number of nitrogens with one attached hydrogen (secondary N) is 3. The molecule has 0 unspecified atom stereocenters. The lowest BCUT2D eigenvalue weighted by Crippen LogP contribution is -2.34. The average Bonchev–Trinajstić information content (AvgIpc) is 2.75. The standard InChI is InChI=1S/C23H20ClN3O3S/c1-14-7-9-15(10-8-14)21(28)27-23(31)25-16-11-12-19(20(13-16)30-2)26-22(29)17-5-3-4-6-18(17)24/h3-13H,1-2H3,(H,26,29)(H2,25,27,28,31). The second-order valence-electron chi connectivity index (χ2n) is 6.62. The van der Waals surface area contributed by atoms with E-state index in [9.17, 15) is 9.59 Å². The van der Waals surface area contributed by atoms with Gasteiger partial charge in [-0.15, -0.1) is 0 Å². The van der Waals surface area contributed by atoms with Gasteiger partial charge in [-0.25, -0.2) is 0 Å². The summed E-state index contributed by atoms with van der Waals surface area (Å²) in [6, 6.07) is 19.0. The molecule has 0 radical (unpaired) electrons. The van der Waals surface area contributed by atoms with E-state index in [-0.39, 0.29) is 16.9 Å². The van der Waals surface area contributed by atoms with Crippen molar-refractivity contribution in [3.8, 4) is 5.75 Å². The van der Waals surface area contributed by atoms with Crippen LogP contribution in [0.3, 0.4) is 0 Å². The second-order valence-corrected chi connectivity index (χ2v) is 7.44. The first-order valence-electron chi connectivity index (χ1n) is 9.30. The summed E-state index contributed by atoms with van der Waals surface area (Å²) in [5, 5.41) is 8.84. The SMILES string of the molecule is COc1cc(NC(=S)NC(=O)c2ccc(C)cc2)ccc1NC(=O)c1ccccc1Cl. The van der Waals surface area contributed by atoms with E-state index >= 15 is 0 Å². The van der Waals surface area contributed by atoms with Crippen molar-refractivity contribution in [2.24, 2.45) is 0 Å². The molecule has 0 saturated carbocycles. The molecule has 2 amide bonds. The molecule has 0 spiro atoms. The van der Waals surface area contributed by atoms with Gasteiger partial charge in [0.1, 0.15) is 5.75 Å². The van der Waals surface area contributed by atoms with E-state index in [1.807, 2.05) is 19.1 Å². The van der Waals surface area contributed by atoms with Gasteiger partial charge in [0.05, 0.1) is 23.4 Å². The predicted molar refractivity (Wildman–Crippen MR) is 127 cm³/mol. The molecule has 6 nitrogen and oxygen atoms in total. The number of ether oxygens (including phenoxy) is 1. The molecule has 31 heavy (non-hydrogen) atoms. The molecule has 0 bridgehead atoms. The molecule has 3 aromatic rings. The highest BCUT2D eigenvalue weighted by atomic mass is 35.5. The molecule has 0 fully saturated rings. The summed E-state index contributed by atoms with van der Waals surface area (Å²) in [4.78, 5) is 24.8. The van der Waals surface area contributed by atoms with E-state index < -0.39 is 0 Å². The summed E-state index contributed by atoms with van der Waals surface area (Å²) >= 11 is 11.3. The van der Waals surface area contributed by atoms with Gasteiger partial charge in [0.2, 0.25) is 0 Å². The molecule has 0 saturated heterocycles. The third kappa shape index (κ3) is 5.81. The molecule has 158 valence electrons. The van der Waals surface area contributed by atoms with Crippen molar-refractivity contribution < 1.29 is 14.3 Å². The van der Waals surface area contributed by atoms with Gasteiger partial charge in [0.25, 0.3) is 11.8 Å². The van der Waals surface area contributed by atoms with E-state index in [0.29, 0.717) is 33.3 Å². The summed E-state index contributed by atoms with van der Waals surface area (Å²) in [6.45, 7) is 1.95. The number of thiocarbonyl (C=S) groups is 1. The Balaban J connectivity index is 1.67. The zero-order valence-electron chi connectivity index (χ0n) is 16.9. The Morgan fingerprint density at radius 2 is 1.65 bits per heavy atom. The summed E-state index contributed by atoms with van der Waals surface area (Å²) in [6.07, 6.45) is 0. The van der Waals surface area contributed by atoms with Crippen LogP contribution >= 0.6 is 23.8 Å². The van der Waals surface area contributed by atoms with E-state index in [4.69, 9.17) is 28.6 Å². The van der Waals surface area contributed by atoms with E-state index in [1.54, 1.807) is 54.6 Å². The number of halogens is 1. The molecule has 0 aliphatic rings. The topological polar surface area (TPSA) is 79.5 Å². The molecular formula is C23H20ClN3O3S. The van der Waals surface area contributed by atoms with Crippen LogP contribution in [0.15, 0.2) is 66.7 Å². The maximum absolute atomic E-state index is 12.5. The monoisotopic (exact) mass is 453 g/mol. The largest absolute Gasteiger partial charge is 0.494 e. The number of aryl methyl sites for hydroxylation is 1. The fourth-order valence-electron chi connectivity index (χ4n) is 2.75. The number of methoxy groups -OCH3 is 1. The van der Waals surface area contributed by atoms with Gasteiger partial charge in [-0.3, -0.25) is 14.9 Å². The smallest absolute Gasteiger partial charge is 0.257 e. The van der Waals surface area contributed by atoms with E-state index in [2.05, 4.69) is 16.0 Å². The number of benzene rings is 3. The molecule has 3 aromatic carbocycles. The molecule has 0 heterocycles. The quantitative estimate of drug-likeness (QED) is 0.472. The van der Waals surface area contributed by atoms with Gasteiger partial charge in [-0.2, -0.15) is 0 Å². The van der Waals surface area contributed by atoms with Crippen LogP contribution < -0.4 is 20.7 Å². The number of carbonyl (C=O) groups is 2. The third-order valence-corrected chi connectivity index (χ3v) is 4.90. The summed E-state index contributed by atoms with van der Waals surface area (Å²) < 4.78 is 5.38. The molecular weight excluding hydrogens is 434 g/mol. The number of amides is 2. The fourth-order valence-corrected chi connectivity index (χ4v) is 3.18. The lowest BCUT2D eigenvalue weighted by molar-refractivity contribution is 0.0976. The fraction of sp³-hybridized carbons (Fsp3) is 0.0870. The van der Waals surface area contributed by atoms with Gasteiger partial charge in [-0.1, -0.05) is 41.4 Å². The van der Waals surface area contributed by atoms with Gasteiger partial charge >= 0.3 is 0 Å². The normalized spacial score (nSPS) is 10.2. The highest BCUT2D eigenvalue weighted by molar-refractivity contribution is 7.80. The average molecular weight is 454 g/mol. The molecule has 3 rings (SSSR count). The van der Waals surface area contributed by atoms with Crippen LogP contribution in [-0.2, 0) is 0 Å². The maximum atomic E-state index is 12.5. The van der Waals surface area contributed by atoms with Crippen LogP contribution in [-0.4, -0.2) is 24.0 Å². The lowest BCUT2D eigenvalue weighted by atomic mass is 10.1. The highest BCUT2D eigenvalue weighted by Crippen LogP contribution is 2.29. The van der Waals surface area contributed by atoms with Crippen molar-refractivity contribution in [2.75, 3.05) is 17.7 Å². The summed E-state index contributed by atoms with van der Waals surface area (Å²) in [5.41, 5.74) is 2.97. The zero-order chi connectivity index (χ0) is 22.4. The van der Waals surface area contributed by atoms with E-state index in [1.165, 1.54) is 7.11 Å². The molecule has 0 aliphatic heterocycles. The minimum absolute atomic E-state index is 0.139. The molecule has 0 atom stereocenters. The molecule has 0 aromatic heterocycles. The molecule has 0 aliphatic carbocycles. The van der Waals surface area contributed by atoms with Crippen molar-refractivity contribution in [1.82, 2.24) is 5.32 Å². The van der Waals surface area contributed by atoms with Gasteiger partial charge in [0, 0.05) is 17.3 Å². The molecule has 3 N–H and O–H groups in total. The number of carbonyl (C=O) groups excluding carboxylic acids is 2. The number of anilines is 2. The van der Waals surface area contributed by atoms with E-state index in [0.717, 1.165) is 5.56 Å². The first kappa shape index (κ1) is 22.3. The van der Waals surface area contributed by atoms with Crippen LogP contribution in [0.1, 0.15) is 26.3 Å². The Morgan fingerprint density at radius 1 is 0.935 bits per heavy atom. The Bertz CT molecular complexity index is 1130. The highest BCUT2D eigenvalue weighted by Gasteiger charge is 2.14. The van der Waals surface area contributed by atoms with Gasteiger partial charge < -0.3 is 15.4 Å². The zero-order valence-corrected chi connectivity index (χ0v) is 18.4. The van der Waals surface area contributed by atoms with Crippen molar-refractivity contribution in [3.05, 3.63) is 88.4 Å². The minimum atomic E-state index is -0.356. The van der Waals surface area contributed by atoms with Gasteiger partial charge in [0.15, 0.2) is 5.11 Å². The number of hydrogen-bond acceptors (Lipinski definition) is 4. The van der Waals surface area contributed by atoms with Crippen molar-refractivity contribution in [1.29, 1.82) is 0 Å². The Kier molecular flexibility index (Phi) is 7.23. The first-order chi connectivity index (χ1) is 14.9. The minimum Gasteiger partial charge on any atom is -0.494 e. The van der Waals surface area contributed by atoms with Crippen molar-refractivity contribution in [3.63, 3.8) is 0 Å². The maximum Gasteiger partial charge on any atom is 0.257 e. The Hall–Kier alpha value is -3.42. The predicted octanol–water partition coefficient (Wildman–Crippen LogP) is 5.04. The Labute approximate surface area is 190 Å².